The van der Waals surface area contributed by atoms with Crippen LogP contribution in [0.2, 0.25) is 0 Å². The van der Waals surface area contributed by atoms with Crippen LogP contribution in [0.3, 0.4) is 0 Å². The fourth-order valence-electron chi connectivity index (χ4n) is 1.94. The van der Waals surface area contributed by atoms with E-state index < -0.39 is 17.7 Å². The summed E-state index contributed by atoms with van der Waals surface area (Å²) >= 11 is 0. The Bertz CT molecular complexity index is 470. The van der Waals surface area contributed by atoms with E-state index in [9.17, 15) is 14.7 Å². The first-order valence-electron chi connectivity index (χ1n) is 5.79. The zero-order valence-electron chi connectivity index (χ0n) is 10.4. The van der Waals surface area contributed by atoms with Crippen LogP contribution in [-0.4, -0.2) is 34.0 Å². The van der Waals surface area contributed by atoms with E-state index in [0.717, 1.165) is 4.90 Å². The minimum absolute atomic E-state index is 0.0297. The summed E-state index contributed by atoms with van der Waals surface area (Å²) < 4.78 is 0. The highest BCUT2D eigenvalue weighted by molar-refractivity contribution is 6.06. The van der Waals surface area contributed by atoms with Crippen LogP contribution in [0.4, 0.5) is 4.79 Å². The van der Waals surface area contributed by atoms with Gasteiger partial charge in [0.1, 0.15) is 5.54 Å². The molecule has 0 aliphatic carbocycles. The molecule has 1 saturated heterocycles. The topological polar surface area (TPSA) is 69.6 Å². The summed E-state index contributed by atoms with van der Waals surface area (Å²) in [5, 5.41) is 12.6. The maximum atomic E-state index is 11.9. The van der Waals surface area contributed by atoms with Gasteiger partial charge in [-0.25, -0.2) is 4.79 Å². The molecule has 18 heavy (non-hydrogen) atoms. The molecule has 0 aromatic heterocycles. The summed E-state index contributed by atoms with van der Waals surface area (Å²) in [6.07, 6.45) is -0.866. The molecule has 2 rings (SSSR count). The van der Waals surface area contributed by atoms with Crippen molar-refractivity contribution in [2.45, 2.75) is 25.5 Å². The SMILES string of the molecule is CC1(C)NC(=O)N(CC(O)c2ccccc2)C1=O. The summed E-state index contributed by atoms with van der Waals surface area (Å²) in [5.74, 6) is -0.317. The Morgan fingerprint density at radius 2 is 1.89 bits per heavy atom. The van der Waals surface area contributed by atoms with Crippen LogP contribution in [0.15, 0.2) is 30.3 Å². The molecule has 1 heterocycles. The second kappa shape index (κ2) is 4.42. The van der Waals surface area contributed by atoms with Gasteiger partial charge in [0.15, 0.2) is 0 Å². The van der Waals surface area contributed by atoms with Gasteiger partial charge in [0.2, 0.25) is 0 Å². The number of benzene rings is 1. The highest BCUT2D eigenvalue weighted by Gasteiger charge is 2.44. The van der Waals surface area contributed by atoms with Gasteiger partial charge in [-0.15, -0.1) is 0 Å². The number of aliphatic hydroxyl groups is 1. The van der Waals surface area contributed by atoms with Crippen LogP contribution in [0, 0.1) is 0 Å². The number of imide groups is 1. The van der Waals surface area contributed by atoms with Crippen molar-refractivity contribution in [3.8, 4) is 0 Å². The Balaban J connectivity index is 2.11. The van der Waals surface area contributed by atoms with Gasteiger partial charge >= 0.3 is 6.03 Å². The molecule has 0 bridgehead atoms. The number of aliphatic hydroxyl groups excluding tert-OH is 1. The molecule has 0 spiro atoms. The normalized spacial score (nSPS) is 19.8. The molecule has 0 saturated carbocycles. The number of β-amino-alcohol motifs (C(OH)–C–C–N with tert-alkyl or cyclic N) is 1. The third-order valence-electron chi connectivity index (χ3n) is 2.98. The fraction of sp³-hybridized carbons (Fsp3) is 0.385. The van der Waals surface area contributed by atoms with Gasteiger partial charge in [-0.2, -0.15) is 0 Å². The lowest BCUT2D eigenvalue weighted by Gasteiger charge is -2.19. The van der Waals surface area contributed by atoms with Crippen molar-refractivity contribution in [3.63, 3.8) is 0 Å². The summed E-state index contributed by atoms with van der Waals surface area (Å²) in [6.45, 7) is 3.25. The van der Waals surface area contributed by atoms with E-state index in [1.807, 2.05) is 6.07 Å². The number of carbonyl (C=O) groups excluding carboxylic acids is 2. The Labute approximate surface area is 105 Å². The summed E-state index contributed by atoms with van der Waals surface area (Å²) in [4.78, 5) is 24.6. The highest BCUT2D eigenvalue weighted by Crippen LogP contribution is 2.21. The molecule has 5 heteroatoms. The lowest BCUT2D eigenvalue weighted by Crippen LogP contribution is -2.40. The third-order valence-corrected chi connectivity index (χ3v) is 2.98. The highest BCUT2D eigenvalue weighted by atomic mass is 16.3. The lowest BCUT2D eigenvalue weighted by atomic mass is 10.1. The van der Waals surface area contributed by atoms with Gasteiger partial charge < -0.3 is 10.4 Å². The summed E-state index contributed by atoms with van der Waals surface area (Å²) in [7, 11) is 0. The number of rotatable bonds is 3. The van der Waals surface area contributed by atoms with Crippen LogP contribution in [-0.2, 0) is 4.79 Å². The van der Waals surface area contributed by atoms with Crippen molar-refractivity contribution in [1.82, 2.24) is 10.2 Å². The van der Waals surface area contributed by atoms with Crippen molar-refractivity contribution < 1.29 is 14.7 Å². The van der Waals surface area contributed by atoms with E-state index >= 15 is 0 Å². The largest absolute Gasteiger partial charge is 0.387 e. The monoisotopic (exact) mass is 248 g/mol. The first-order valence-corrected chi connectivity index (χ1v) is 5.79. The number of amides is 3. The Morgan fingerprint density at radius 3 is 2.39 bits per heavy atom. The van der Waals surface area contributed by atoms with Gasteiger partial charge in [-0.05, 0) is 19.4 Å². The van der Waals surface area contributed by atoms with Crippen LogP contribution in [0.25, 0.3) is 0 Å². The standard InChI is InChI=1S/C13H16N2O3/c1-13(2)11(17)15(12(18)14-13)8-10(16)9-6-4-3-5-7-9/h3-7,10,16H,8H2,1-2H3,(H,14,18). The maximum absolute atomic E-state index is 11.9. The molecule has 1 atom stereocenters. The number of hydrogen-bond donors (Lipinski definition) is 2. The number of nitrogens with zero attached hydrogens (tertiary/aromatic N) is 1. The number of carbonyl (C=O) groups is 2. The lowest BCUT2D eigenvalue weighted by molar-refractivity contribution is -0.131. The van der Waals surface area contributed by atoms with E-state index in [1.54, 1.807) is 38.1 Å². The zero-order valence-corrected chi connectivity index (χ0v) is 10.4. The molecular formula is C13H16N2O3. The second-order valence-electron chi connectivity index (χ2n) is 4.90. The average Bonchev–Trinajstić information content (AvgIpc) is 2.52. The molecule has 0 radical (unpaired) electrons. The van der Waals surface area contributed by atoms with Crippen LogP contribution in [0.1, 0.15) is 25.5 Å². The molecule has 3 amide bonds. The van der Waals surface area contributed by atoms with Crippen molar-refractivity contribution in [2.24, 2.45) is 0 Å². The minimum Gasteiger partial charge on any atom is -0.387 e. The van der Waals surface area contributed by atoms with E-state index in [1.165, 1.54) is 0 Å². The molecule has 1 aliphatic rings. The van der Waals surface area contributed by atoms with E-state index in [2.05, 4.69) is 5.32 Å². The first-order chi connectivity index (χ1) is 8.42. The Hall–Kier alpha value is -1.88. The Morgan fingerprint density at radius 1 is 1.28 bits per heavy atom. The van der Waals surface area contributed by atoms with Crippen molar-refractivity contribution in [2.75, 3.05) is 6.54 Å². The summed E-state index contributed by atoms with van der Waals surface area (Å²) in [6, 6.07) is 8.50. The van der Waals surface area contributed by atoms with E-state index in [0.29, 0.717) is 5.56 Å². The van der Waals surface area contributed by atoms with Crippen LogP contribution >= 0.6 is 0 Å². The minimum atomic E-state index is -0.895. The predicted molar refractivity (Wildman–Crippen MR) is 65.7 cm³/mol. The maximum Gasteiger partial charge on any atom is 0.325 e. The predicted octanol–water partition coefficient (Wildman–Crippen LogP) is 1.05. The summed E-state index contributed by atoms with van der Waals surface area (Å²) in [5.41, 5.74) is -0.212. The fourth-order valence-corrected chi connectivity index (χ4v) is 1.94. The van der Waals surface area contributed by atoms with Gasteiger partial charge in [0, 0.05) is 0 Å². The number of urea groups is 1. The van der Waals surface area contributed by atoms with E-state index in [-0.39, 0.29) is 12.5 Å². The van der Waals surface area contributed by atoms with Crippen molar-refractivity contribution in [1.29, 1.82) is 0 Å². The van der Waals surface area contributed by atoms with Crippen LogP contribution < -0.4 is 5.32 Å². The first kappa shape index (κ1) is 12.6. The molecule has 1 aromatic rings. The zero-order chi connectivity index (χ0) is 13.3. The molecule has 96 valence electrons. The smallest absolute Gasteiger partial charge is 0.325 e. The van der Waals surface area contributed by atoms with Crippen molar-refractivity contribution in [3.05, 3.63) is 35.9 Å². The third kappa shape index (κ3) is 2.22. The van der Waals surface area contributed by atoms with E-state index in [4.69, 9.17) is 0 Å². The van der Waals surface area contributed by atoms with Gasteiger partial charge in [-0.3, -0.25) is 9.69 Å². The van der Waals surface area contributed by atoms with Gasteiger partial charge in [-0.1, -0.05) is 30.3 Å². The van der Waals surface area contributed by atoms with Gasteiger partial charge in [0.05, 0.1) is 12.6 Å². The second-order valence-corrected chi connectivity index (χ2v) is 4.90. The molecular weight excluding hydrogens is 232 g/mol. The molecule has 5 nitrogen and oxygen atoms in total. The Kier molecular flexibility index (Phi) is 3.09. The molecule has 1 unspecified atom stereocenters. The van der Waals surface area contributed by atoms with Gasteiger partial charge in [0.25, 0.3) is 5.91 Å². The van der Waals surface area contributed by atoms with Crippen LogP contribution in [0.5, 0.6) is 0 Å². The number of hydrogen-bond acceptors (Lipinski definition) is 3. The molecule has 1 fully saturated rings. The average molecular weight is 248 g/mol. The van der Waals surface area contributed by atoms with Crippen molar-refractivity contribution >= 4 is 11.9 Å². The molecule has 1 aliphatic heterocycles. The molecule has 1 aromatic carbocycles. The quantitative estimate of drug-likeness (QED) is 0.785. The number of nitrogens with one attached hydrogen (secondary N) is 1. The molecule has 2 N–H and O–H groups in total.